The fourth-order valence-corrected chi connectivity index (χ4v) is 5.92. The number of nitrogens with one attached hydrogen (secondary N) is 5. The molecular formula is C33H38N6O6S. The van der Waals surface area contributed by atoms with Gasteiger partial charge in [0, 0.05) is 26.1 Å². The van der Waals surface area contributed by atoms with Crippen LogP contribution in [0.5, 0.6) is 0 Å². The van der Waals surface area contributed by atoms with Crippen LogP contribution < -0.4 is 26.0 Å². The monoisotopic (exact) mass is 646 g/mol. The minimum atomic E-state index is -3.89. The molecule has 242 valence electrons. The van der Waals surface area contributed by atoms with Crippen molar-refractivity contribution in [2.45, 2.75) is 63.7 Å². The van der Waals surface area contributed by atoms with Crippen LogP contribution >= 0.6 is 0 Å². The first-order valence-electron chi connectivity index (χ1n) is 14.7. The van der Waals surface area contributed by atoms with Crippen molar-refractivity contribution in [3.63, 3.8) is 0 Å². The van der Waals surface area contributed by atoms with Gasteiger partial charge in [0.05, 0.1) is 17.4 Å². The molecule has 0 saturated carbocycles. The summed E-state index contributed by atoms with van der Waals surface area (Å²) in [6, 6.07) is 22.2. The Morgan fingerprint density at radius 1 is 0.804 bits per heavy atom. The number of nitriles is 1. The van der Waals surface area contributed by atoms with Crippen molar-refractivity contribution in [1.29, 1.82) is 5.26 Å². The van der Waals surface area contributed by atoms with Crippen molar-refractivity contribution in [2.24, 2.45) is 0 Å². The zero-order valence-electron chi connectivity index (χ0n) is 25.5. The van der Waals surface area contributed by atoms with Gasteiger partial charge in [0.25, 0.3) is 0 Å². The topological polar surface area (TPSA) is 186 Å². The fraction of sp³-hybridized carbons (Fsp3) is 0.303. The van der Waals surface area contributed by atoms with Gasteiger partial charge >= 0.3 is 0 Å². The zero-order valence-corrected chi connectivity index (χ0v) is 26.3. The molecule has 0 aliphatic carbocycles. The number of hydrogen-bond donors (Lipinski definition) is 5. The summed E-state index contributed by atoms with van der Waals surface area (Å²) >= 11 is 0. The molecule has 0 fully saturated rings. The molecule has 0 radical (unpaired) electrons. The van der Waals surface area contributed by atoms with Crippen LogP contribution in [0.15, 0.2) is 78.9 Å². The van der Waals surface area contributed by atoms with E-state index in [4.69, 9.17) is 5.26 Å². The van der Waals surface area contributed by atoms with Gasteiger partial charge in [0.15, 0.2) is 0 Å². The average Bonchev–Trinajstić information content (AvgIpc) is 3.06. The van der Waals surface area contributed by atoms with Crippen molar-refractivity contribution in [3.05, 3.63) is 107 Å². The molecule has 3 aromatic carbocycles. The van der Waals surface area contributed by atoms with E-state index in [0.29, 0.717) is 24.1 Å². The molecule has 0 aliphatic rings. The quantitative estimate of drug-likeness (QED) is 0.131. The smallest absolute Gasteiger partial charge is 0.242 e. The second-order valence-electron chi connectivity index (χ2n) is 10.5. The molecule has 5 N–H and O–H groups in total. The predicted molar refractivity (Wildman–Crippen MR) is 172 cm³/mol. The SMILES string of the molecule is CC[C@@H](NS(=O)(=O)Cc1ccccc1)C(=O)N[C@@H](CCC(=O)NCc1cccc(CNC=O)c1)C(=O)NCc1ccc(C#N)cc1. The Hall–Kier alpha value is -5.06. The lowest BCUT2D eigenvalue weighted by molar-refractivity contribution is -0.130. The van der Waals surface area contributed by atoms with Crippen LogP contribution in [-0.4, -0.2) is 44.6 Å². The van der Waals surface area contributed by atoms with Crippen molar-refractivity contribution < 1.29 is 27.6 Å². The Morgan fingerprint density at radius 2 is 1.46 bits per heavy atom. The van der Waals surface area contributed by atoms with Crippen molar-refractivity contribution in [2.75, 3.05) is 0 Å². The Bertz CT molecular complexity index is 1620. The van der Waals surface area contributed by atoms with E-state index < -0.39 is 33.9 Å². The number of amides is 4. The summed E-state index contributed by atoms with van der Waals surface area (Å²) in [5.41, 5.74) is 3.43. The van der Waals surface area contributed by atoms with E-state index in [1.165, 1.54) is 0 Å². The summed E-state index contributed by atoms with van der Waals surface area (Å²) in [7, 11) is -3.89. The van der Waals surface area contributed by atoms with Gasteiger partial charge in [-0.25, -0.2) is 13.1 Å². The van der Waals surface area contributed by atoms with Crippen LogP contribution in [0.2, 0.25) is 0 Å². The lowest BCUT2D eigenvalue weighted by Gasteiger charge is -2.22. The third kappa shape index (κ3) is 12.1. The molecule has 46 heavy (non-hydrogen) atoms. The predicted octanol–water partition coefficient (Wildman–Crippen LogP) is 1.90. The summed E-state index contributed by atoms with van der Waals surface area (Å²) in [5, 5.41) is 19.8. The fourth-order valence-electron chi connectivity index (χ4n) is 4.50. The van der Waals surface area contributed by atoms with Gasteiger partial charge < -0.3 is 21.3 Å². The average molecular weight is 647 g/mol. The maximum atomic E-state index is 13.3. The Balaban J connectivity index is 1.65. The summed E-state index contributed by atoms with van der Waals surface area (Å²) in [6.07, 6.45) is 0.583. The molecule has 0 heterocycles. The largest absolute Gasteiger partial charge is 0.355 e. The molecule has 0 spiro atoms. The van der Waals surface area contributed by atoms with Gasteiger partial charge in [-0.05, 0) is 47.2 Å². The summed E-state index contributed by atoms with van der Waals surface area (Å²) < 4.78 is 28.0. The molecule has 3 aromatic rings. The highest BCUT2D eigenvalue weighted by Crippen LogP contribution is 2.09. The van der Waals surface area contributed by atoms with E-state index in [1.54, 1.807) is 61.5 Å². The number of hydrogen-bond acceptors (Lipinski definition) is 7. The van der Waals surface area contributed by atoms with Crippen LogP contribution in [0.25, 0.3) is 0 Å². The second-order valence-corrected chi connectivity index (χ2v) is 12.3. The summed E-state index contributed by atoms with van der Waals surface area (Å²) in [4.78, 5) is 49.8. The third-order valence-corrected chi connectivity index (χ3v) is 8.32. The van der Waals surface area contributed by atoms with Crippen molar-refractivity contribution in [1.82, 2.24) is 26.0 Å². The van der Waals surface area contributed by atoms with Gasteiger partial charge in [0.2, 0.25) is 34.2 Å². The molecule has 2 atom stereocenters. The van der Waals surface area contributed by atoms with E-state index in [9.17, 15) is 27.6 Å². The highest BCUT2D eigenvalue weighted by molar-refractivity contribution is 7.88. The second kappa shape index (κ2) is 18.0. The molecule has 3 rings (SSSR count). The van der Waals surface area contributed by atoms with E-state index in [-0.39, 0.29) is 44.0 Å². The lowest BCUT2D eigenvalue weighted by Crippen LogP contribution is -2.53. The first-order valence-corrected chi connectivity index (χ1v) is 16.4. The maximum Gasteiger partial charge on any atom is 0.242 e. The highest BCUT2D eigenvalue weighted by atomic mass is 32.2. The number of sulfonamides is 1. The van der Waals surface area contributed by atoms with Crippen LogP contribution in [0, 0.1) is 11.3 Å². The van der Waals surface area contributed by atoms with Gasteiger partial charge in [0.1, 0.15) is 12.1 Å². The Morgan fingerprint density at radius 3 is 2.11 bits per heavy atom. The molecule has 0 aromatic heterocycles. The normalized spacial score (nSPS) is 12.2. The number of carbonyl (C=O) groups is 4. The Kier molecular flexibility index (Phi) is 13.9. The minimum Gasteiger partial charge on any atom is -0.355 e. The van der Waals surface area contributed by atoms with E-state index in [2.05, 4.69) is 26.0 Å². The number of benzene rings is 3. The van der Waals surface area contributed by atoms with Crippen LogP contribution in [0.1, 0.15) is 54.0 Å². The lowest BCUT2D eigenvalue weighted by atomic mass is 10.1. The van der Waals surface area contributed by atoms with E-state index >= 15 is 0 Å². The third-order valence-electron chi connectivity index (χ3n) is 6.96. The Labute approximate surface area is 269 Å². The summed E-state index contributed by atoms with van der Waals surface area (Å²) in [5.74, 6) is -1.92. The molecular weight excluding hydrogens is 608 g/mol. The van der Waals surface area contributed by atoms with Crippen LogP contribution in [0.3, 0.4) is 0 Å². The highest BCUT2D eigenvalue weighted by Gasteiger charge is 2.28. The number of nitrogens with zero attached hydrogens (tertiary/aromatic N) is 1. The molecule has 0 unspecified atom stereocenters. The zero-order chi connectivity index (χ0) is 33.4. The maximum absolute atomic E-state index is 13.3. The summed E-state index contributed by atoms with van der Waals surface area (Å²) in [6.45, 7) is 2.33. The van der Waals surface area contributed by atoms with Crippen molar-refractivity contribution >= 4 is 34.2 Å². The molecule has 0 bridgehead atoms. The number of rotatable bonds is 18. The molecule has 4 amide bonds. The molecule has 0 aliphatic heterocycles. The minimum absolute atomic E-state index is 0.0483. The van der Waals surface area contributed by atoms with E-state index in [1.807, 2.05) is 30.3 Å². The van der Waals surface area contributed by atoms with E-state index in [0.717, 1.165) is 16.7 Å². The number of carbonyl (C=O) groups excluding carboxylic acids is 4. The van der Waals surface area contributed by atoms with Gasteiger partial charge in [-0.3, -0.25) is 19.2 Å². The van der Waals surface area contributed by atoms with Gasteiger partial charge in [-0.15, -0.1) is 0 Å². The first-order chi connectivity index (χ1) is 22.1. The van der Waals surface area contributed by atoms with Crippen LogP contribution in [-0.2, 0) is 54.6 Å². The first kappa shape index (κ1) is 35.4. The van der Waals surface area contributed by atoms with Gasteiger partial charge in [-0.1, -0.05) is 73.7 Å². The van der Waals surface area contributed by atoms with Crippen molar-refractivity contribution in [3.8, 4) is 6.07 Å². The standard InChI is InChI=1S/C33H38N6O6S/c1-2-29(39-46(44,45)22-26-7-4-3-5-8-26)33(43)38-30(32(42)37-20-25-13-11-24(18-34)12-14-25)15-16-31(41)36-21-28-10-6-9-27(17-28)19-35-23-40/h3-14,17,23,29-30,39H,2,15-16,19-22H2,1H3,(H,35,40)(H,36,41)(H,37,42)(H,38,43)/t29-,30+/m1/s1. The molecule has 0 saturated heterocycles. The van der Waals surface area contributed by atoms with Gasteiger partial charge in [-0.2, -0.15) is 5.26 Å². The molecule has 13 heteroatoms. The van der Waals surface area contributed by atoms with Crippen LogP contribution in [0.4, 0.5) is 0 Å². The molecule has 12 nitrogen and oxygen atoms in total.